The quantitative estimate of drug-likeness (QED) is 0.425. The van der Waals surface area contributed by atoms with Gasteiger partial charge in [-0.25, -0.2) is 4.98 Å². The lowest BCUT2D eigenvalue weighted by Gasteiger charge is -2.20. The minimum absolute atomic E-state index is 0.330. The Labute approximate surface area is 174 Å². The van der Waals surface area contributed by atoms with E-state index < -0.39 is 0 Å². The molecule has 29 heavy (non-hydrogen) atoms. The van der Waals surface area contributed by atoms with Crippen LogP contribution in [0, 0.1) is 0 Å². The smallest absolute Gasteiger partial charge is 0.216 e. The molecule has 8 nitrogen and oxygen atoms in total. The Morgan fingerprint density at radius 3 is 3.10 bits per heavy atom. The molecule has 1 atom stereocenters. The van der Waals surface area contributed by atoms with Gasteiger partial charge < -0.3 is 20.0 Å². The molecule has 0 aliphatic carbocycles. The van der Waals surface area contributed by atoms with Crippen LogP contribution in [0.3, 0.4) is 0 Å². The van der Waals surface area contributed by atoms with Crippen molar-refractivity contribution in [3.8, 4) is 11.6 Å². The molecule has 3 heterocycles. The Morgan fingerprint density at radius 2 is 2.31 bits per heavy atom. The summed E-state index contributed by atoms with van der Waals surface area (Å²) in [6.07, 6.45) is 3.36. The van der Waals surface area contributed by atoms with Gasteiger partial charge in [0.2, 0.25) is 5.82 Å². The van der Waals surface area contributed by atoms with Crippen LogP contribution in [-0.4, -0.2) is 53.9 Å². The van der Waals surface area contributed by atoms with E-state index in [-0.39, 0.29) is 0 Å². The van der Waals surface area contributed by atoms with E-state index in [4.69, 9.17) is 16.0 Å². The number of furan rings is 1. The third-order valence-electron chi connectivity index (χ3n) is 4.85. The number of halogens is 1. The van der Waals surface area contributed by atoms with E-state index >= 15 is 0 Å². The van der Waals surface area contributed by atoms with E-state index in [0.29, 0.717) is 30.6 Å². The zero-order valence-electron chi connectivity index (χ0n) is 16.2. The fourth-order valence-corrected chi connectivity index (χ4v) is 3.58. The van der Waals surface area contributed by atoms with Crippen molar-refractivity contribution in [1.29, 1.82) is 0 Å². The van der Waals surface area contributed by atoms with Gasteiger partial charge in [0.15, 0.2) is 11.7 Å². The maximum Gasteiger partial charge on any atom is 0.216 e. The van der Waals surface area contributed by atoms with Gasteiger partial charge in [0.25, 0.3) is 0 Å². The highest BCUT2D eigenvalue weighted by Gasteiger charge is 2.23. The third-order valence-corrected chi connectivity index (χ3v) is 5.09. The van der Waals surface area contributed by atoms with Crippen LogP contribution in [0.4, 0.5) is 5.69 Å². The number of nitrogens with zero attached hydrogens (tertiary/aromatic N) is 4. The number of guanidine groups is 1. The minimum Gasteiger partial charge on any atom is -0.461 e. The highest BCUT2D eigenvalue weighted by atomic mass is 35.5. The van der Waals surface area contributed by atoms with E-state index in [1.165, 1.54) is 0 Å². The number of hydrogen-bond acceptors (Lipinski definition) is 5. The number of hydrogen-bond donors (Lipinski definition) is 3. The Bertz CT molecular complexity index is 953. The molecule has 1 aliphatic rings. The lowest BCUT2D eigenvalue weighted by atomic mass is 10.2. The fraction of sp³-hybridized carbons (Fsp3) is 0.350. The van der Waals surface area contributed by atoms with Gasteiger partial charge in [0.05, 0.1) is 6.26 Å². The summed E-state index contributed by atoms with van der Waals surface area (Å²) in [6, 6.07) is 12.0. The predicted octanol–water partition coefficient (Wildman–Crippen LogP) is 2.70. The zero-order chi connectivity index (χ0) is 20.1. The van der Waals surface area contributed by atoms with Crippen molar-refractivity contribution in [3.63, 3.8) is 0 Å². The van der Waals surface area contributed by atoms with Crippen LogP contribution in [0.25, 0.3) is 11.6 Å². The van der Waals surface area contributed by atoms with Crippen molar-refractivity contribution in [2.24, 2.45) is 4.99 Å². The summed E-state index contributed by atoms with van der Waals surface area (Å²) < 4.78 is 5.31. The number of aromatic nitrogens is 3. The second-order valence-corrected chi connectivity index (χ2v) is 7.32. The summed E-state index contributed by atoms with van der Waals surface area (Å²) in [7, 11) is 1.78. The largest absolute Gasteiger partial charge is 0.461 e. The lowest BCUT2D eigenvalue weighted by molar-refractivity contribution is 0.577. The molecule has 1 aromatic carbocycles. The summed E-state index contributed by atoms with van der Waals surface area (Å²) in [5.41, 5.74) is 1.16. The molecule has 0 bridgehead atoms. The molecule has 1 unspecified atom stereocenters. The molecule has 0 amide bonds. The van der Waals surface area contributed by atoms with Crippen LogP contribution in [0.5, 0.6) is 0 Å². The summed E-state index contributed by atoms with van der Waals surface area (Å²) in [5, 5.41) is 14.7. The number of benzene rings is 1. The Balaban J connectivity index is 1.24. The average molecular weight is 414 g/mol. The number of aromatic amines is 1. The molecule has 0 radical (unpaired) electrons. The molecule has 4 rings (SSSR count). The van der Waals surface area contributed by atoms with Crippen LogP contribution >= 0.6 is 11.6 Å². The maximum atomic E-state index is 6.12. The van der Waals surface area contributed by atoms with Crippen LogP contribution in [0.2, 0.25) is 5.02 Å². The number of H-pyrrole nitrogens is 1. The molecule has 1 fully saturated rings. The SMILES string of the molecule is CN=C(NCCc1nc(-c2ccco2)n[nH]1)NC1CCN(c2cccc(Cl)c2)C1. The molecule has 1 saturated heterocycles. The van der Waals surface area contributed by atoms with Gasteiger partial charge in [0, 0.05) is 49.9 Å². The van der Waals surface area contributed by atoms with Crippen molar-refractivity contribution in [2.45, 2.75) is 18.9 Å². The number of nitrogens with one attached hydrogen (secondary N) is 3. The van der Waals surface area contributed by atoms with Gasteiger partial charge in [-0.15, -0.1) is 0 Å². The summed E-state index contributed by atoms with van der Waals surface area (Å²) in [5.74, 6) is 2.81. The predicted molar refractivity (Wildman–Crippen MR) is 114 cm³/mol. The first kappa shape index (κ1) is 19.3. The molecule has 2 aromatic heterocycles. The molecular formula is C20H24ClN7O. The standard InChI is InChI=1S/C20H24ClN7O/c1-22-20(23-9-7-18-25-19(27-26-18)17-6-3-11-29-17)24-15-8-10-28(13-15)16-5-2-4-14(21)12-16/h2-6,11-12,15H,7-10,13H2,1H3,(H2,22,23,24)(H,25,26,27). The fourth-order valence-electron chi connectivity index (χ4n) is 3.40. The number of aliphatic imine (C=N–C) groups is 1. The average Bonchev–Trinajstić information content (AvgIpc) is 3.48. The number of rotatable bonds is 6. The zero-order valence-corrected chi connectivity index (χ0v) is 17.0. The Morgan fingerprint density at radius 1 is 1.38 bits per heavy atom. The molecule has 152 valence electrons. The molecule has 0 saturated carbocycles. The van der Waals surface area contributed by atoms with Crippen molar-refractivity contribution in [3.05, 3.63) is 53.5 Å². The summed E-state index contributed by atoms with van der Waals surface area (Å²) in [4.78, 5) is 11.1. The van der Waals surface area contributed by atoms with Gasteiger partial charge in [-0.1, -0.05) is 17.7 Å². The first-order valence-corrected chi connectivity index (χ1v) is 10.0. The van der Waals surface area contributed by atoms with Crippen LogP contribution in [-0.2, 0) is 6.42 Å². The molecule has 9 heteroatoms. The van der Waals surface area contributed by atoms with Crippen molar-refractivity contribution < 1.29 is 4.42 Å². The molecule has 1 aliphatic heterocycles. The van der Waals surface area contributed by atoms with E-state index in [1.54, 1.807) is 13.3 Å². The van der Waals surface area contributed by atoms with Gasteiger partial charge >= 0.3 is 0 Å². The highest BCUT2D eigenvalue weighted by molar-refractivity contribution is 6.30. The Kier molecular flexibility index (Phi) is 6.00. The van der Waals surface area contributed by atoms with E-state index in [1.807, 2.05) is 30.3 Å². The first-order chi connectivity index (χ1) is 14.2. The van der Waals surface area contributed by atoms with Crippen LogP contribution in [0.15, 0.2) is 52.1 Å². The number of anilines is 1. The maximum absolute atomic E-state index is 6.12. The van der Waals surface area contributed by atoms with Crippen LogP contribution < -0.4 is 15.5 Å². The topological polar surface area (TPSA) is 94.4 Å². The lowest BCUT2D eigenvalue weighted by Crippen LogP contribution is -2.45. The van der Waals surface area contributed by atoms with Gasteiger partial charge in [0.1, 0.15) is 5.82 Å². The van der Waals surface area contributed by atoms with Crippen molar-refractivity contribution >= 4 is 23.2 Å². The minimum atomic E-state index is 0.330. The van der Waals surface area contributed by atoms with Gasteiger partial charge in [-0.05, 0) is 36.8 Å². The first-order valence-electron chi connectivity index (χ1n) is 9.64. The van der Waals surface area contributed by atoms with Gasteiger partial charge in [-0.2, -0.15) is 5.10 Å². The van der Waals surface area contributed by atoms with E-state index in [9.17, 15) is 0 Å². The molecule has 3 aromatic rings. The molecule has 3 N–H and O–H groups in total. The molecular weight excluding hydrogens is 390 g/mol. The second-order valence-electron chi connectivity index (χ2n) is 6.89. The van der Waals surface area contributed by atoms with Gasteiger partial charge in [-0.3, -0.25) is 10.1 Å². The normalized spacial score (nSPS) is 17.0. The third kappa shape index (κ3) is 4.89. The second kappa shape index (κ2) is 9.00. The van der Waals surface area contributed by atoms with Crippen LogP contribution in [0.1, 0.15) is 12.2 Å². The monoisotopic (exact) mass is 413 g/mol. The van der Waals surface area contributed by atoms with Crippen molar-refractivity contribution in [1.82, 2.24) is 25.8 Å². The Hall–Kier alpha value is -3.00. The van der Waals surface area contributed by atoms with E-state index in [2.05, 4.69) is 41.8 Å². The van der Waals surface area contributed by atoms with E-state index in [0.717, 1.165) is 42.0 Å². The van der Waals surface area contributed by atoms with Crippen molar-refractivity contribution in [2.75, 3.05) is 31.6 Å². The highest BCUT2D eigenvalue weighted by Crippen LogP contribution is 2.23. The summed E-state index contributed by atoms with van der Waals surface area (Å²) in [6.45, 7) is 2.59. The molecule has 0 spiro atoms. The summed E-state index contributed by atoms with van der Waals surface area (Å²) >= 11 is 6.12.